The number of carbonyl (C=O) groups excluding carboxylic acids is 1. The maximum absolute atomic E-state index is 12.5. The summed E-state index contributed by atoms with van der Waals surface area (Å²) in [4.78, 5) is 27.4. The highest BCUT2D eigenvalue weighted by Crippen LogP contribution is 2.23. The number of carboxylic acid groups (broad SMARTS) is 1. The first kappa shape index (κ1) is 18.6. The number of aliphatic carboxylic acids is 1. The molecule has 24 heavy (non-hydrogen) atoms. The van der Waals surface area contributed by atoms with E-state index in [0.717, 1.165) is 27.9 Å². The maximum Gasteiger partial charge on any atom is 0.304 e. The molecular formula is C17H20N2O3S2. The van der Waals surface area contributed by atoms with Gasteiger partial charge in [-0.3, -0.25) is 14.6 Å². The lowest BCUT2D eigenvalue weighted by atomic mass is 10.0. The molecule has 7 heteroatoms. The van der Waals surface area contributed by atoms with Crippen LogP contribution in [0.4, 0.5) is 0 Å². The van der Waals surface area contributed by atoms with Crippen molar-refractivity contribution in [3.63, 3.8) is 0 Å². The van der Waals surface area contributed by atoms with E-state index in [-0.39, 0.29) is 12.3 Å². The van der Waals surface area contributed by atoms with Crippen molar-refractivity contribution in [2.45, 2.75) is 20.3 Å². The largest absolute Gasteiger partial charge is 0.481 e. The number of para-hydroxylation sites is 1. The van der Waals surface area contributed by atoms with E-state index in [4.69, 9.17) is 5.11 Å². The molecule has 0 saturated heterocycles. The fourth-order valence-electron chi connectivity index (χ4n) is 2.41. The molecule has 5 nitrogen and oxygen atoms in total. The molecular weight excluding hydrogens is 344 g/mol. The summed E-state index contributed by atoms with van der Waals surface area (Å²) in [5.41, 5.74) is 3.21. The van der Waals surface area contributed by atoms with Gasteiger partial charge in [-0.05, 0) is 25.5 Å². The van der Waals surface area contributed by atoms with Crippen LogP contribution in [0.5, 0.6) is 0 Å². The highest BCUT2D eigenvalue weighted by atomic mass is 33.1. The van der Waals surface area contributed by atoms with Gasteiger partial charge in [0.2, 0.25) is 0 Å². The molecule has 0 saturated carbocycles. The van der Waals surface area contributed by atoms with Crippen molar-refractivity contribution < 1.29 is 14.7 Å². The minimum atomic E-state index is -0.786. The van der Waals surface area contributed by atoms with E-state index in [1.807, 2.05) is 38.1 Å². The van der Waals surface area contributed by atoms with Crippen molar-refractivity contribution in [1.82, 2.24) is 10.3 Å². The molecule has 128 valence electrons. The highest BCUT2D eigenvalue weighted by Gasteiger charge is 2.15. The average Bonchev–Trinajstić information content (AvgIpc) is 2.53. The average molecular weight is 364 g/mol. The third kappa shape index (κ3) is 4.88. The van der Waals surface area contributed by atoms with Crippen LogP contribution in [0.25, 0.3) is 10.9 Å². The van der Waals surface area contributed by atoms with Gasteiger partial charge in [-0.1, -0.05) is 39.8 Å². The molecule has 1 aromatic carbocycles. The Labute approximate surface area is 149 Å². The number of fused-ring (bicyclic) bond motifs is 1. The Hall–Kier alpha value is -1.73. The molecule has 0 fully saturated rings. The number of rotatable bonds is 8. The Morgan fingerprint density at radius 2 is 1.88 bits per heavy atom. The molecule has 2 rings (SSSR count). The first-order valence-electron chi connectivity index (χ1n) is 7.61. The lowest BCUT2D eigenvalue weighted by Gasteiger charge is -2.12. The molecule has 2 N–H and O–H groups in total. The summed E-state index contributed by atoms with van der Waals surface area (Å²) < 4.78 is 0. The lowest BCUT2D eigenvalue weighted by molar-refractivity contribution is -0.136. The Morgan fingerprint density at radius 1 is 1.17 bits per heavy atom. The summed E-state index contributed by atoms with van der Waals surface area (Å²) >= 11 is 0. The molecule has 0 unspecified atom stereocenters. The third-order valence-electron chi connectivity index (χ3n) is 3.51. The summed E-state index contributed by atoms with van der Waals surface area (Å²) in [6, 6.07) is 7.80. The van der Waals surface area contributed by atoms with Gasteiger partial charge in [0.1, 0.15) is 0 Å². The predicted octanol–water partition coefficient (Wildman–Crippen LogP) is 3.44. The van der Waals surface area contributed by atoms with Gasteiger partial charge in [0.15, 0.2) is 0 Å². The fourth-order valence-corrected chi connectivity index (χ4v) is 4.29. The monoisotopic (exact) mass is 364 g/mol. The lowest BCUT2D eigenvalue weighted by Crippen LogP contribution is -2.27. The Bertz CT molecular complexity index is 750. The summed E-state index contributed by atoms with van der Waals surface area (Å²) in [6.45, 7) is 4.34. The summed E-state index contributed by atoms with van der Waals surface area (Å²) in [5.74, 6) is 0.404. The molecule has 0 atom stereocenters. The van der Waals surface area contributed by atoms with E-state index in [0.29, 0.717) is 17.9 Å². The number of nitrogens with one attached hydrogen (secondary N) is 1. The van der Waals surface area contributed by atoms with Crippen molar-refractivity contribution in [3.8, 4) is 0 Å². The first-order valence-corrected chi connectivity index (χ1v) is 10.1. The van der Waals surface area contributed by atoms with Crippen LogP contribution in [0.1, 0.15) is 28.0 Å². The van der Waals surface area contributed by atoms with Crippen molar-refractivity contribution in [3.05, 3.63) is 41.1 Å². The molecule has 0 spiro atoms. The van der Waals surface area contributed by atoms with Gasteiger partial charge < -0.3 is 10.4 Å². The minimum Gasteiger partial charge on any atom is -0.481 e. The third-order valence-corrected chi connectivity index (χ3v) is 5.92. The molecule has 0 aliphatic heterocycles. The summed E-state index contributed by atoms with van der Waals surface area (Å²) in [6.07, 6.45) is 0.158. The second-order valence-electron chi connectivity index (χ2n) is 5.26. The van der Waals surface area contributed by atoms with E-state index in [1.54, 1.807) is 10.8 Å². The van der Waals surface area contributed by atoms with E-state index >= 15 is 0 Å². The second-order valence-corrected chi connectivity index (χ2v) is 7.96. The summed E-state index contributed by atoms with van der Waals surface area (Å²) in [5, 5.41) is 12.5. The Morgan fingerprint density at radius 3 is 2.62 bits per heavy atom. The molecule has 0 aliphatic rings. The van der Waals surface area contributed by atoms with E-state index in [2.05, 4.69) is 10.3 Å². The number of carbonyl (C=O) groups is 2. The molecule has 1 amide bonds. The van der Waals surface area contributed by atoms with Crippen molar-refractivity contribution in [2.24, 2.45) is 0 Å². The number of nitrogens with zero attached hydrogens (tertiary/aromatic N) is 1. The second kappa shape index (κ2) is 8.94. The number of carboxylic acids is 1. The van der Waals surface area contributed by atoms with Crippen LogP contribution < -0.4 is 5.32 Å². The van der Waals surface area contributed by atoms with Gasteiger partial charge in [0.25, 0.3) is 5.91 Å². The SMILES string of the molecule is Cc1nc2ccccc2c(C)c1C(=O)NCCSSCCC(=O)O. The van der Waals surface area contributed by atoms with Crippen LogP contribution >= 0.6 is 21.6 Å². The van der Waals surface area contributed by atoms with Crippen LogP contribution in [0.3, 0.4) is 0 Å². The molecule has 0 bridgehead atoms. The minimum absolute atomic E-state index is 0.112. The van der Waals surface area contributed by atoms with Gasteiger partial charge in [-0.25, -0.2) is 0 Å². The van der Waals surface area contributed by atoms with Gasteiger partial charge in [0.05, 0.1) is 23.2 Å². The maximum atomic E-state index is 12.5. The van der Waals surface area contributed by atoms with Crippen LogP contribution in [0.15, 0.2) is 24.3 Å². The van der Waals surface area contributed by atoms with Gasteiger partial charge in [0, 0.05) is 23.4 Å². The molecule has 1 heterocycles. The molecule has 0 aliphatic carbocycles. The molecule has 1 aromatic heterocycles. The number of hydrogen-bond donors (Lipinski definition) is 2. The fraction of sp³-hybridized carbons (Fsp3) is 0.353. The van der Waals surface area contributed by atoms with Crippen LogP contribution in [-0.2, 0) is 4.79 Å². The van der Waals surface area contributed by atoms with E-state index < -0.39 is 5.97 Å². The quantitative estimate of drug-likeness (QED) is 0.552. The summed E-state index contributed by atoms with van der Waals surface area (Å²) in [7, 11) is 3.08. The topological polar surface area (TPSA) is 79.3 Å². The van der Waals surface area contributed by atoms with Crippen molar-refractivity contribution in [2.75, 3.05) is 18.1 Å². The number of aryl methyl sites for hydroxylation is 2. The van der Waals surface area contributed by atoms with E-state index in [1.165, 1.54) is 10.8 Å². The number of hydrogen-bond acceptors (Lipinski definition) is 5. The normalized spacial score (nSPS) is 10.8. The van der Waals surface area contributed by atoms with Crippen molar-refractivity contribution >= 4 is 44.4 Å². The highest BCUT2D eigenvalue weighted by molar-refractivity contribution is 8.76. The zero-order valence-electron chi connectivity index (χ0n) is 13.7. The number of amides is 1. The van der Waals surface area contributed by atoms with Crippen LogP contribution in [-0.4, -0.2) is 40.0 Å². The van der Waals surface area contributed by atoms with Gasteiger partial charge in [-0.2, -0.15) is 0 Å². The van der Waals surface area contributed by atoms with Crippen LogP contribution in [0.2, 0.25) is 0 Å². The smallest absolute Gasteiger partial charge is 0.304 e. The van der Waals surface area contributed by atoms with Crippen molar-refractivity contribution in [1.29, 1.82) is 0 Å². The zero-order chi connectivity index (χ0) is 17.5. The zero-order valence-corrected chi connectivity index (χ0v) is 15.3. The number of benzene rings is 1. The van der Waals surface area contributed by atoms with E-state index in [9.17, 15) is 9.59 Å². The number of aromatic nitrogens is 1. The molecule has 0 radical (unpaired) electrons. The van der Waals surface area contributed by atoms with Crippen LogP contribution in [0, 0.1) is 13.8 Å². The van der Waals surface area contributed by atoms with Gasteiger partial charge in [-0.15, -0.1) is 0 Å². The number of pyridine rings is 1. The molecule has 2 aromatic rings. The predicted molar refractivity (Wildman–Crippen MR) is 101 cm³/mol. The first-order chi connectivity index (χ1) is 11.5. The standard InChI is InChI=1S/C17H20N2O3S2/c1-11-13-5-3-4-6-14(13)19-12(2)16(11)17(22)18-8-10-24-23-9-7-15(20)21/h3-6H,7-10H2,1-2H3,(H,18,22)(H,20,21). The van der Waals surface area contributed by atoms with Gasteiger partial charge >= 0.3 is 5.97 Å². The Balaban J connectivity index is 1.91. The Kier molecular flexibility index (Phi) is 6.93.